The summed E-state index contributed by atoms with van der Waals surface area (Å²) in [7, 11) is 1.63. The summed E-state index contributed by atoms with van der Waals surface area (Å²) >= 11 is 0. The van der Waals surface area contributed by atoms with Gasteiger partial charge in [0.05, 0.1) is 18.3 Å². The molecule has 5 heterocycles. The molecule has 1 aliphatic rings. The Labute approximate surface area is 254 Å². The van der Waals surface area contributed by atoms with Crippen molar-refractivity contribution in [1.82, 2.24) is 34.7 Å². The van der Waals surface area contributed by atoms with Gasteiger partial charge in [0.15, 0.2) is 5.82 Å². The minimum absolute atomic E-state index is 0.442. The van der Waals surface area contributed by atoms with E-state index >= 15 is 0 Å². The van der Waals surface area contributed by atoms with Crippen molar-refractivity contribution < 1.29 is 19.0 Å². The van der Waals surface area contributed by atoms with Crippen molar-refractivity contribution in [2.45, 2.75) is 39.5 Å². The molecule has 0 saturated heterocycles. The first-order valence-electron chi connectivity index (χ1n) is 14.0. The molecule has 0 spiro atoms. The number of rotatable bonds is 6. The minimum atomic E-state index is -0.618. The van der Waals surface area contributed by atoms with E-state index < -0.39 is 11.7 Å². The lowest BCUT2D eigenvalue weighted by Crippen LogP contribution is -2.27. The Bertz CT molecular complexity index is 1900. The van der Waals surface area contributed by atoms with Gasteiger partial charge in [0, 0.05) is 55.8 Å². The van der Waals surface area contributed by atoms with Crippen LogP contribution in [0.2, 0.25) is 0 Å². The lowest BCUT2D eigenvalue weighted by molar-refractivity contribution is 0.0522. The number of methoxy groups -OCH3 is 1. The third-order valence-corrected chi connectivity index (χ3v) is 6.60. The van der Waals surface area contributed by atoms with E-state index in [1.165, 1.54) is 4.68 Å². The molecule has 0 aliphatic carbocycles. The van der Waals surface area contributed by atoms with Crippen LogP contribution < -0.4 is 9.64 Å². The summed E-state index contributed by atoms with van der Waals surface area (Å²) in [5, 5.41) is 4.97. The number of fused-ring (bicyclic) bond motifs is 2. The molecule has 1 aliphatic heterocycles. The number of anilines is 1. The molecule has 12 nitrogen and oxygen atoms in total. The van der Waals surface area contributed by atoms with E-state index in [-0.39, 0.29) is 0 Å². The Balaban J connectivity index is 1.17. The molecular formula is C32H30N8O4. The van der Waals surface area contributed by atoms with Gasteiger partial charge in [-0.25, -0.2) is 29.7 Å². The average Bonchev–Trinajstić information content (AvgIpc) is 3.64. The molecule has 6 rings (SSSR count). The van der Waals surface area contributed by atoms with Crippen molar-refractivity contribution >= 4 is 22.9 Å². The standard InChI is InChI=1S/C32H30N8O4/c1-32(2,3)44-31(41)40-27-8-6-21(15-22(27)18-36-40)5-7-25-9-11-33-29(37-25)26-10-12-34-30(38-26)39-19-23-16-28(43-14-13-42-4)35-17-24(23)20-39/h6,8-12,15-18H,13-14,19-20H2,1-4H3. The highest BCUT2D eigenvalue weighted by molar-refractivity contribution is 5.88. The minimum Gasteiger partial charge on any atom is -0.475 e. The highest BCUT2D eigenvalue weighted by atomic mass is 16.6. The molecule has 222 valence electrons. The number of hydrogen-bond acceptors (Lipinski definition) is 11. The van der Waals surface area contributed by atoms with Gasteiger partial charge in [-0.15, -0.1) is 0 Å². The average molecular weight is 591 g/mol. The molecular weight excluding hydrogens is 560 g/mol. The third kappa shape index (κ3) is 6.48. The quantitative estimate of drug-likeness (QED) is 0.206. The number of benzene rings is 1. The number of ether oxygens (including phenoxy) is 3. The molecule has 12 heteroatoms. The zero-order valence-electron chi connectivity index (χ0n) is 24.8. The second kappa shape index (κ2) is 12.1. The van der Waals surface area contributed by atoms with Crippen molar-refractivity contribution in [3.05, 3.63) is 83.6 Å². The van der Waals surface area contributed by atoms with Crippen LogP contribution in [-0.2, 0) is 22.6 Å². The number of pyridine rings is 1. The first kappa shape index (κ1) is 28.7. The Morgan fingerprint density at radius 1 is 0.932 bits per heavy atom. The van der Waals surface area contributed by atoms with Crippen LogP contribution in [0.1, 0.15) is 43.2 Å². The maximum Gasteiger partial charge on any atom is 0.435 e. The van der Waals surface area contributed by atoms with Crippen molar-refractivity contribution in [3.8, 4) is 29.2 Å². The summed E-state index contributed by atoms with van der Waals surface area (Å²) < 4.78 is 17.4. The van der Waals surface area contributed by atoms with Gasteiger partial charge in [-0.3, -0.25) is 0 Å². The normalized spacial score (nSPS) is 12.5. The lowest BCUT2D eigenvalue weighted by atomic mass is 10.1. The fraction of sp³-hybridized carbons (Fsp3) is 0.281. The number of aromatic nitrogens is 7. The van der Waals surface area contributed by atoms with Gasteiger partial charge in [0.1, 0.15) is 23.6 Å². The van der Waals surface area contributed by atoms with Gasteiger partial charge in [-0.05, 0) is 68.2 Å². The molecule has 0 N–H and O–H groups in total. The first-order chi connectivity index (χ1) is 21.3. The maximum absolute atomic E-state index is 12.5. The molecule has 0 amide bonds. The van der Waals surface area contributed by atoms with Crippen LogP contribution in [0.15, 0.2) is 61.2 Å². The second-order valence-corrected chi connectivity index (χ2v) is 11.1. The molecule has 0 atom stereocenters. The van der Waals surface area contributed by atoms with Crippen LogP contribution >= 0.6 is 0 Å². The van der Waals surface area contributed by atoms with Crippen molar-refractivity contribution in [2.75, 3.05) is 25.2 Å². The third-order valence-electron chi connectivity index (χ3n) is 6.60. The van der Waals surface area contributed by atoms with Gasteiger partial charge < -0.3 is 19.1 Å². The fourth-order valence-electron chi connectivity index (χ4n) is 4.58. The smallest absolute Gasteiger partial charge is 0.435 e. The fourth-order valence-corrected chi connectivity index (χ4v) is 4.58. The van der Waals surface area contributed by atoms with E-state index in [2.05, 4.69) is 41.8 Å². The number of nitrogens with zero attached hydrogens (tertiary/aromatic N) is 8. The van der Waals surface area contributed by atoms with Gasteiger partial charge in [0.25, 0.3) is 0 Å². The number of carbonyl (C=O) groups excluding carboxylic acids is 1. The van der Waals surface area contributed by atoms with Crippen molar-refractivity contribution in [3.63, 3.8) is 0 Å². The summed E-state index contributed by atoms with van der Waals surface area (Å²) in [4.78, 5) is 37.3. The van der Waals surface area contributed by atoms with E-state index in [0.717, 1.165) is 22.1 Å². The monoisotopic (exact) mass is 590 g/mol. The SMILES string of the molecule is COCCOc1cc2c(cn1)CN(c1nccc(-c3nccc(C#Cc4ccc5c(cnn5C(=O)OC(C)(C)C)c4)n3)n1)C2. The first-order valence-corrected chi connectivity index (χ1v) is 14.0. The maximum atomic E-state index is 12.5. The molecule has 1 aromatic carbocycles. The molecule has 5 aromatic rings. The summed E-state index contributed by atoms with van der Waals surface area (Å²) in [6.45, 7) is 7.65. The van der Waals surface area contributed by atoms with E-state index in [0.29, 0.717) is 60.9 Å². The highest BCUT2D eigenvalue weighted by Crippen LogP contribution is 2.28. The molecule has 0 saturated carbocycles. The molecule has 0 unspecified atom stereocenters. The topological polar surface area (TPSA) is 130 Å². The largest absolute Gasteiger partial charge is 0.475 e. The predicted molar refractivity (Wildman–Crippen MR) is 162 cm³/mol. The molecule has 0 bridgehead atoms. The number of carbonyl (C=O) groups is 1. The van der Waals surface area contributed by atoms with Gasteiger partial charge in [-0.1, -0.05) is 5.92 Å². The van der Waals surface area contributed by atoms with Crippen LogP contribution in [-0.4, -0.2) is 66.7 Å². The lowest BCUT2D eigenvalue weighted by Gasteiger charge is -2.19. The molecule has 4 aromatic heterocycles. The molecule has 0 fully saturated rings. The Hall–Kier alpha value is -5.41. The van der Waals surface area contributed by atoms with Gasteiger partial charge in [0.2, 0.25) is 11.8 Å². The zero-order valence-corrected chi connectivity index (χ0v) is 24.8. The summed E-state index contributed by atoms with van der Waals surface area (Å²) in [6, 6.07) is 11.0. The summed E-state index contributed by atoms with van der Waals surface area (Å²) in [5.74, 6) is 7.82. The molecule has 0 radical (unpaired) electrons. The van der Waals surface area contributed by atoms with Crippen LogP contribution in [0.4, 0.5) is 10.7 Å². The second-order valence-electron chi connectivity index (χ2n) is 11.1. The summed E-state index contributed by atoms with van der Waals surface area (Å²) in [6.07, 6.45) is 6.27. The van der Waals surface area contributed by atoms with Gasteiger partial charge >= 0.3 is 6.09 Å². The van der Waals surface area contributed by atoms with E-state index in [4.69, 9.17) is 19.2 Å². The van der Waals surface area contributed by atoms with Crippen molar-refractivity contribution in [2.24, 2.45) is 0 Å². The van der Waals surface area contributed by atoms with Crippen molar-refractivity contribution in [1.29, 1.82) is 0 Å². The van der Waals surface area contributed by atoms with Crippen LogP contribution in [0.5, 0.6) is 5.88 Å². The van der Waals surface area contributed by atoms with Crippen LogP contribution in [0, 0.1) is 11.8 Å². The van der Waals surface area contributed by atoms with E-state index in [1.54, 1.807) is 43.9 Å². The Morgan fingerprint density at radius 3 is 2.61 bits per heavy atom. The number of hydrogen-bond donors (Lipinski definition) is 0. The summed E-state index contributed by atoms with van der Waals surface area (Å²) in [5.41, 5.74) is 4.12. The van der Waals surface area contributed by atoms with Gasteiger partial charge in [-0.2, -0.15) is 9.78 Å². The predicted octanol–water partition coefficient (Wildman–Crippen LogP) is 4.41. The molecule has 44 heavy (non-hydrogen) atoms. The Kier molecular flexibility index (Phi) is 7.87. The van der Waals surface area contributed by atoms with E-state index in [9.17, 15) is 4.79 Å². The Morgan fingerprint density at radius 2 is 1.77 bits per heavy atom. The van der Waals surface area contributed by atoms with Crippen LogP contribution in [0.25, 0.3) is 22.4 Å². The zero-order chi connectivity index (χ0) is 30.7. The highest BCUT2D eigenvalue weighted by Gasteiger charge is 2.23. The van der Waals surface area contributed by atoms with E-state index in [1.807, 2.05) is 45.2 Å². The van der Waals surface area contributed by atoms with Crippen LogP contribution in [0.3, 0.4) is 0 Å².